The van der Waals surface area contributed by atoms with E-state index in [-0.39, 0.29) is 41.0 Å². The van der Waals surface area contributed by atoms with Gasteiger partial charge in [-0.3, -0.25) is 4.79 Å². The van der Waals surface area contributed by atoms with Crippen molar-refractivity contribution in [2.45, 2.75) is 25.8 Å². The molecule has 0 atom stereocenters. The smallest absolute Gasteiger partial charge is 0.545 e. The molecule has 0 N–H and O–H groups in total. The number of pyridine rings is 1. The monoisotopic (exact) mass is 381 g/mol. The number of anilines is 1. The molecule has 0 radical (unpaired) electrons. The largest absolute Gasteiger partial charge is 1.00 e. The van der Waals surface area contributed by atoms with Crippen molar-refractivity contribution in [3.63, 3.8) is 0 Å². The van der Waals surface area contributed by atoms with E-state index < -0.39 is 22.8 Å². The van der Waals surface area contributed by atoms with Gasteiger partial charge in [0, 0.05) is 43.8 Å². The van der Waals surface area contributed by atoms with Crippen LogP contribution in [0, 0.1) is 5.82 Å². The van der Waals surface area contributed by atoms with Crippen molar-refractivity contribution < 1.29 is 43.8 Å². The quantitative estimate of drug-likeness (QED) is 0.573. The van der Waals surface area contributed by atoms with Gasteiger partial charge in [-0.15, -0.1) is 0 Å². The number of benzene rings is 1. The molecule has 1 saturated carbocycles. The number of hydrogen-bond donors (Lipinski definition) is 0. The summed E-state index contributed by atoms with van der Waals surface area (Å²) in [7, 11) is 0. The summed E-state index contributed by atoms with van der Waals surface area (Å²) in [5, 5.41) is 11.4. The molecular formula is C19H21FN3NaO3. The number of rotatable bonds is 4. The van der Waals surface area contributed by atoms with Gasteiger partial charge in [-0.2, -0.15) is 0 Å². The number of nitrogens with zero attached hydrogens (tertiary/aromatic N) is 3. The number of fused-ring (bicyclic) bond motifs is 1. The number of carboxylic acid groups (broad SMARTS) is 1. The summed E-state index contributed by atoms with van der Waals surface area (Å²) in [4.78, 5) is 28.1. The molecule has 1 saturated heterocycles. The Morgan fingerprint density at radius 2 is 1.89 bits per heavy atom. The van der Waals surface area contributed by atoms with Gasteiger partial charge in [0.2, 0.25) is 0 Å². The Hall–Kier alpha value is -1.41. The van der Waals surface area contributed by atoms with Crippen LogP contribution in [0.5, 0.6) is 0 Å². The van der Waals surface area contributed by atoms with Gasteiger partial charge < -0.3 is 24.3 Å². The van der Waals surface area contributed by atoms with Crippen LogP contribution >= 0.6 is 0 Å². The molecule has 138 valence electrons. The Labute approximate surface area is 178 Å². The molecular weight excluding hydrogens is 360 g/mol. The maximum absolute atomic E-state index is 14.8. The van der Waals surface area contributed by atoms with E-state index in [0.29, 0.717) is 11.2 Å². The molecule has 2 aliphatic rings. The Kier molecular flexibility index (Phi) is 5.96. The summed E-state index contributed by atoms with van der Waals surface area (Å²) in [5.41, 5.74) is -0.0219. The zero-order valence-electron chi connectivity index (χ0n) is 15.7. The normalized spacial score (nSPS) is 17.8. The first-order valence-corrected chi connectivity index (χ1v) is 9.06. The molecule has 8 heteroatoms. The van der Waals surface area contributed by atoms with E-state index in [1.165, 1.54) is 12.3 Å². The van der Waals surface area contributed by atoms with Crippen molar-refractivity contribution in [3.8, 4) is 0 Å². The first-order valence-electron chi connectivity index (χ1n) is 9.06. The predicted molar refractivity (Wildman–Crippen MR) is 95.1 cm³/mol. The van der Waals surface area contributed by atoms with Gasteiger partial charge in [-0.05, 0) is 31.5 Å². The third-order valence-electron chi connectivity index (χ3n) is 5.42. The van der Waals surface area contributed by atoms with Crippen LogP contribution in [0.25, 0.3) is 10.9 Å². The van der Waals surface area contributed by atoms with Crippen molar-refractivity contribution >= 4 is 22.6 Å². The standard InChI is InChI=1S/C19H22FN3O3.Na/c1-2-21-5-7-22(8-6-21)17-10-16-13(9-15(17)20)18(24)14(19(25)26)11-23(16)12-3-4-12;/h9-12H,2-8H2,1H3,(H,25,26);/q;+1/p-1. The second-order valence-corrected chi connectivity index (χ2v) is 7.04. The Morgan fingerprint density at radius 1 is 1.22 bits per heavy atom. The number of aromatic carboxylic acids is 1. The van der Waals surface area contributed by atoms with Crippen LogP contribution < -0.4 is 45.0 Å². The summed E-state index contributed by atoms with van der Waals surface area (Å²) in [6, 6.07) is 3.04. The van der Waals surface area contributed by atoms with Crippen LogP contribution in [0.4, 0.5) is 10.1 Å². The van der Waals surface area contributed by atoms with Gasteiger partial charge in [-0.25, -0.2) is 4.39 Å². The molecule has 27 heavy (non-hydrogen) atoms. The molecule has 0 amide bonds. The average Bonchev–Trinajstić information content (AvgIpc) is 3.47. The van der Waals surface area contributed by atoms with Crippen LogP contribution in [0.15, 0.2) is 23.1 Å². The van der Waals surface area contributed by atoms with Crippen LogP contribution in [-0.2, 0) is 0 Å². The fourth-order valence-corrected chi connectivity index (χ4v) is 3.71. The minimum Gasteiger partial charge on any atom is -0.545 e. The van der Waals surface area contributed by atoms with E-state index in [0.717, 1.165) is 45.6 Å². The minimum absolute atomic E-state index is 0. The van der Waals surface area contributed by atoms with Gasteiger partial charge in [0.1, 0.15) is 5.82 Å². The number of carboxylic acids is 1. The molecule has 0 unspecified atom stereocenters. The molecule has 1 aliphatic carbocycles. The van der Waals surface area contributed by atoms with Crippen molar-refractivity contribution in [1.82, 2.24) is 9.47 Å². The van der Waals surface area contributed by atoms with Gasteiger partial charge >= 0.3 is 29.6 Å². The first kappa shape index (κ1) is 20.3. The Balaban J connectivity index is 0.00000210. The number of piperazine rings is 1. The van der Waals surface area contributed by atoms with E-state index in [4.69, 9.17) is 0 Å². The summed E-state index contributed by atoms with van der Waals surface area (Å²) in [6.45, 7) is 6.26. The zero-order chi connectivity index (χ0) is 18.4. The van der Waals surface area contributed by atoms with Crippen molar-refractivity contribution in [1.29, 1.82) is 0 Å². The SMILES string of the molecule is CCN1CCN(c2cc3c(cc2F)c(=O)c(C(=O)[O-])cn3C2CC2)CC1.[Na+]. The second kappa shape index (κ2) is 7.91. The third-order valence-corrected chi connectivity index (χ3v) is 5.42. The minimum atomic E-state index is -1.52. The van der Waals surface area contributed by atoms with Crippen molar-refractivity contribution in [2.24, 2.45) is 0 Å². The fourth-order valence-electron chi connectivity index (χ4n) is 3.71. The number of hydrogen-bond acceptors (Lipinski definition) is 5. The van der Waals surface area contributed by atoms with E-state index in [2.05, 4.69) is 11.8 Å². The molecule has 1 aromatic carbocycles. The topological polar surface area (TPSA) is 68.6 Å². The summed E-state index contributed by atoms with van der Waals surface area (Å²) < 4.78 is 16.6. The molecule has 2 fully saturated rings. The second-order valence-electron chi connectivity index (χ2n) is 7.04. The molecule has 2 aromatic rings. The Morgan fingerprint density at radius 3 is 2.44 bits per heavy atom. The molecule has 6 nitrogen and oxygen atoms in total. The van der Waals surface area contributed by atoms with E-state index in [1.807, 2.05) is 4.90 Å². The van der Waals surface area contributed by atoms with Crippen LogP contribution in [-0.4, -0.2) is 48.2 Å². The van der Waals surface area contributed by atoms with Crippen LogP contribution in [0.3, 0.4) is 0 Å². The van der Waals surface area contributed by atoms with Gasteiger partial charge in [0.25, 0.3) is 0 Å². The maximum atomic E-state index is 14.8. The van der Waals surface area contributed by atoms with Crippen LogP contribution in [0.1, 0.15) is 36.2 Å². The number of carbonyl (C=O) groups is 1. The Bertz CT molecular complexity index is 934. The zero-order valence-corrected chi connectivity index (χ0v) is 17.7. The molecule has 1 aromatic heterocycles. The van der Waals surface area contributed by atoms with Crippen molar-refractivity contribution in [2.75, 3.05) is 37.6 Å². The van der Waals surface area contributed by atoms with Crippen molar-refractivity contribution in [3.05, 3.63) is 39.9 Å². The molecule has 0 bridgehead atoms. The number of likely N-dealkylation sites (N-methyl/N-ethyl adjacent to an activating group) is 1. The van der Waals surface area contributed by atoms with Crippen LogP contribution in [0.2, 0.25) is 0 Å². The number of halogens is 1. The number of carbonyl (C=O) groups excluding carboxylic acids is 1. The van der Waals surface area contributed by atoms with Gasteiger partial charge in [-0.1, -0.05) is 6.92 Å². The summed E-state index contributed by atoms with van der Waals surface area (Å²) in [6.07, 6.45) is 3.20. The summed E-state index contributed by atoms with van der Waals surface area (Å²) in [5.74, 6) is -2.01. The van der Waals surface area contributed by atoms with Gasteiger partial charge in [0.05, 0.1) is 22.7 Å². The molecule has 1 aliphatic heterocycles. The van der Waals surface area contributed by atoms with Gasteiger partial charge in [0.15, 0.2) is 5.43 Å². The molecule has 2 heterocycles. The first-order chi connectivity index (χ1) is 12.5. The van der Waals surface area contributed by atoms with E-state index >= 15 is 0 Å². The average molecular weight is 381 g/mol. The third kappa shape index (κ3) is 3.78. The van der Waals surface area contributed by atoms with E-state index in [1.54, 1.807) is 10.6 Å². The summed E-state index contributed by atoms with van der Waals surface area (Å²) >= 11 is 0. The predicted octanol–water partition coefficient (Wildman–Crippen LogP) is -2.02. The molecule has 4 rings (SSSR count). The fraction of sp³-hybridized carbons (Fsp3) is 0.474. The number of aromatic nitrogens is 1. The molecule has 0 spiro atoms. The maximum Gasteiger partial charge on any atom is 1.00 e. The van der Waals surface area contributed by atoms with E-state index in [9.17, 15) is 19.1 Å².